The highest BCUT2D eigenvalue weighted by Crippen LogP contribution is 2.37. The number of sulfone groups is 1. The van der Waals surface area contributed by atoms with Gasteiger partial charge in [-0.2, -0.15) is 0 Å². The molecule has 0 heterocycles. The van der Waals surface area contributed by atoms with Crippen LogP contribution in [0.3, 0.4) is 0 Å². The van der Waals surface area contributed by atoms with Crippen LogP contribution in [0.1, 0.15) is 6.92 Å². The molecule has 112 valence electrons. The molecule has 0 spiro atoms. The first-order chi connectivity index (χ1) is 10.0. The molecule has 2 aromatic rings. The molecule has 5 heteroatoms. The smallest absolute Gasteiger partial charge is 0.178 e. The molecule has 0 atom stereocenters. The third kappa shape index (κ3) is 3.03. The van der Waals surface area contributed by atoms with Gasteiger partial charge in [0, 0.05) is 11.1 Å². The molecule has 2 aromatic carbocycles. The standard InChI is InChI=1S/C16H18O4S/c1-4-21(17,18)12-9-10-16(20-3)14(11-12)13-7-5-6-8-15(13)19-2/h5-11H,4H2,1-3H3. The van der Waals surface area contributed by atoms with Crippen LogP contribution >= 0.6 is 0 Å². The Labute approximate surface area is 125 Å². The minimum Gasteiger partial charge on any atom is -0.496 e. The Bertz CT molecular complexity index is 736. The Balaban J connectivity index is 2.69. The van der Waals surface area contributed by atoms with Crippen molar-refractivity contribution in [2.24, 2.45) is 0 Å². The van der Waals surface area contributed by atoms with Gasteiger partial charge in [-0.1, -0.05) is 25.1 Å². The lowest BCUT2D eigenvalue weighted by Crippen LogP contribution is -2.04. The van der Waals surface area contributed by atoms with Crippen molar-refractivity contribution >= 4 is 9.84 Å². The van der Waals surface area contributed by atoms with Crippen molar-refractivity contribution in [1.29, 1.82) is 0 Å². The summed E-state index contributed by atoms with van der Waals surface area (Å²) >= 11 is 0. The predicted octanol–water partition coefficient (Wildman–Crippen LogP) is 3.16. The molecule has 0 bridgehead atoms. The number of rotatable bonds is 5. The van der Waals surface area contributed by atoms with E-state index in [0.717, 1.165) is 5.56 Å². The molecule has 0 saturated heterocycles. The molecule has 0 N–H and O–H groups in total. The van der Waals surface area contributed by atoms with Crippen LogP contribution in [0, 0.1) is 0 Å². The molecule has 0 fully saturated rings. The molecular weight excluding hydrogens is 288 g/mol. The number of hydrogen-bond acceptors (Lipinski definition) is 4. The Kier molecular flexibility index (Phi) is 4.53. The SMILES string of the molecule is CCS(=O)(=O)c1ccc(OC)c(-c2ccccc2OC)c1. The lowest BCUT2D eigenvalue weighted by molar-refractivity contribution is 0.410. The number of ether oxygens (including phenoxy) is 2. The summed E-state index contributed by atoms with van der Waals surface area (Å²) < 4.78 is 34.8. The van der Waals surface area contributed by atoms with Crippen molar-refractivity contribution in [3.63, 3.8) is 0 Å². The molecule has 0 unspecified atom stereocenters. The summed E-state index contributed by atoms with van der Waals surface area (Å²) in [7, 11) is -0.131. The third-order valence-electron chi connectivity index (χ3n) is 3.31. The average molecular weight is 306 g/mol. The van der Waals surface area contributed by atoms with E-state index in [-0.39, 0.29) is 10.6 Å². The summed E-state index contributed by atoms with van der Waals surface area (Å²) in [5.74, 6) is 1.33. The van der Waals surface area contributed by atoms with E-state index >= 15 is 0 Å². The summed E-state index contributed by atoms with van der Waals surface area (Å²) in [4.78, 5) is 0.284. The van der Waals surface area contributed by atoms with Crippen LogP contribution in [-0.2, 0) is 9.84 Å². The summed E-state index contributed by atoms with van der Waals surface area (Å²) in [5, 5.41) is 0. The van der Waals surface area contributed by atoms with Crippen LogP contribution in [0.25, 0.3) is 11.1 Å². The lowest BCUT2D eigenvalue weighted by atomic mass is 10.0. The van der Waals surface area contributed by atoms with Gasteiger partial charge >= 0.3 is 0 Å². The second-order valence-electron chi connectivity index (χ2n) is 4.47. The van der Waals surface area contributed by atoms with Gasteiger partial charge in [-0.05, 0) is 24.3 Å². The summed E-state index contributed by atoms with van der Waals surface area (Å²) in [6.07, 6.45) is 0. The monoisotopic (exact) mass is 306 g/mol. The Morgan fingerprint density at radius 3 is 2.14 bits per heavy atom. The maximum atomic E-state index is 12.1. The molecule has 2 rings (SSSR count). The fourth-order valence-corrected chi connectivity index (χ4v) is 3.03. The molecule has 0 amide bonds. The molecule has 0 saturated carbocycles. The Hall–Kier alpha value is -2.01. The van der Waals surface area contributed by atoms with Gasteiger partial charge in [-0.3, -0.25) is 0 Å². The highest BCUT2D eigenvalue weighted by Gasteiger charge is 2.17. The summed E-state index contributed by atoms with van der Waals surface area (Å²) in [6, 6.07) is 12.3. The van der Waals surface area contributed by atoms with Crippen LogP contribution in [0.5, 0.6) is 11.5 Å². The van der Waals surface area contributed by atoms with Gasteiger partial charge in [-0.25, -0.2) is 8.42 Å². The van der Waals surface area contributed by atoms with Gasteiger partial charge in [-0.15, -0.1) is 0 Å². The molecule has 21 heavy (non-hydrogen) atoms. The van der Waals surface area contributed by atoms with E-state index in [4.69, 9.17) is 9.47 Å². The van der Waals surface area contributed by atoms with Crippen LogP contribution in [0.4, 0.5) is 0 Å². The Morgan fingerprint density at radius 1 is 0.905 bits per heavy atom. The lowest BCUT2D eigenvalue weighted by Gasteiger charge is -2.13. The number of para-hydroxylation sites is 1. The van der Waals surface area contributed by atoms with E-state index in [1.165, 1.54) is 0 Å². The highest BCUT2D eigenvalue weighted by atomic mass is 32.2. The minimum absolute atomic E-state index is 0.0602. The van der Waals surface area contributed by atoms with Crippen molar-refractivity contribution in [1.82, 2.24) is 0 Å². The molecule has 0 aliphatic carbocycles. The second kappa shape index (κ2) is 6.18. The van der Waals surface area contributed by atoms with E-state index in [2.05, 4.69) is 0 Å². The first-order valence-corrected chi connectivity index (χ1v) is 8.23. The molecular formula is C16H18O4S. The van der Waals surface area contributed by atoms with Gasteiger partial charge in [0.25, 0.3) is 0 Å². The van der Waals surface area contributed by atoms with Crippen molar-refractivity contribution in [2.45, 2.75) is 11.8 Å². The number of benzene rings is 2. The normalized spacial score (nSPS) is 11.2. The second-order valence-corrected chi connectivity index (χ2v) is 6.74. The first-order valence-electron chi connectivity index (χ1n) is 6.57. The van der Waals surface area contributed by atoms with Crippen LogP contribution in [-0.4, -0.2) is 28.4 Å². The first kappa shape index (κ1) is 15.4. The van der Waals surface area contributed by atoms with Gasteiger partial charge < -0.3 is 9.47 Å². The zero-order valence-corrected chi connectivity index (χ0v) is 13.1. The largest absolute Gasteiger partial charge is 0.496 e. The fourth-order valence-electron chi connectivity index (χ4n) is 2.12. The fraction of sp³-hybridized carbons (Fsp3) is 0.250. The number of methoxy groups -OCH3 is 2. The van der Waals surface area contributed by atoms with Crippen LogP contribution in [0.2, 0.25) is 0 Å². The molecule has 0 aromatic heterocycles. The van der Waals surface area contributed by atoms with Crippen LogP contribution < -0.4 is 9.47 Å². The highest BCUT2D eigenvalue weighted by molar-refractivity contribution is 7.91. The van der Waals surface area contributed by atoms with Crippen molar-refractivity contribution in [3.05, 3.63) is 42.5 Å². The van der Waals surface area contributed by atoms with Gasteiger partial charge in [0.2, 0.25) is 0 Å². The van der Waals surface area contributed by atoms with Gasteiger partial charge in [0.15, 0.2) is 9.84 Å². The quantitative estimate of drug-likeness (QED) is 0.851. The molecule has 4 nitrogen and oxygen atoms in total. The maximum Gasteiger partial charge on any atom is 0.178 e. The zero-order valence-electron chi connectivity index (χ0n) is 12.3. The zero-order chi connectivity index (χ0) is 15.5. The summed E-state index contributed by atoms with van der Waals surface area (Å²) in [5.41, 5.74) is 1.49. The van der Waals surface area contributed by atoms with E-state index in [1.807, 2.05) is 24.3 Å². The van der Waals surface area contributed by atoms with Crippen molar-refractivity contribution in [2.75, 3.05) is 20.0 Å². The van der Waals surface area contributed by atoms with Gasteiger partial charge in [0.05, 0.1) is 24.9 Å². The maximum absolute atomic E-state index is 12.1. The topological polar surface area (TPSA) is 52.6 Å². The minimum atomic E-state index is -3.27. The van der Waals surface area contributed by atoms with E-state index in [0.29, 0.717) is 17.1 Å². The van der Waals surface area contributed by atoms with Crippen molar-refractivity contribution < 1.29 is 17.9 Å². The summed E-state index contributed by atoms with van der Waals surface area (Å²) in [6.45, 7) is 1.63. The molecule has 0 aliphatic heterocycles. The number of hydrogen-bond donors (Lipinski definition) is 0. The Morgan fingerprint density at radius 2 is 1.52 bits per heavy atom. The molecule has 0 aliphatic rings. The van der Waals surface area contributed by atoms with E-state index in [1.54, 1.807) is 39.3 Å². The van der Waals surface area contributed by atoms with E-state index < -0.39 is 9.84 Å². The third-order valence-corrected chi connectivity index (χ3v) is 5.04. The average Bonchev–Trinajstić information content (AvgIpc) is 2.54. The molecule has 0 radical (unpaired) electrons. The van der Waals surface area contributed by atoms with Crippen molar-refractivity contribution in [3.8, 4) is 22.6 Å². The van der Waals surface area contributed by atoms with E-state index in [9.17, 15) is 8.42 Å². The predicted molar refractivity (Wildman–Crippen MR) is 82.7 cm³/mol. The van der Waals surface area contributed by atoms with Crippen LogP contribution in [0.15, 0.2) is 47.4 Å². The van der Waals surface area contributed by atoms with Gasteiger partial charge in [0.1, 0.15) is 11.5 Å².